The highest BCUT2D eigenvalue weighted by Gasteiger charge is 2.43. The lowest BCUT2D eigenvalue weighted by Crippen LogP contribution is -2.47. The van der Waals surface area contributed by atoms with Gasteiger partial charge in [0, 0.05) is 22.3 Å². The number of hydrogen-bond donors (Lipinski definition) is 1. The summed E-state index contributed by atoms with van der Waals surface area (Å²) in [6, 6.07) is 12.6. The van der Waals surface area contributed by atoms with Crippen LogP contribution in [0.25, 0.3) is 0 Å². The number of hydrogen-bond acceptors (Lipinski definition) is 3. The second-order valence-electron chi connectivity index (χ2n) is 6.59. The van der Waals surface area contributed by atoms with Gasteiger partial charge in [0.1, 0.15) is 17.2 Å². The number of rotatable bonds is 4. The Hall–Kier alpha value is -2.05. The average Bonchev–Trinajstić information content (AvgIpc) is 3.08. The number of carbonyl (C=O) groups excluding carboxylic acids is 2. The van der Waals surface area contributed by atoms with Crippen LogP contribution >= 0.6 is 23.4 Å². The maximum atomic E-state index is 13.9. The maximum absolute atomic E-state index is 13.9. The van der Waals surface area contributed by atoms with Crippen molar-refractivity contribution in [1.29, 1.82) is 0 Å². The van der Waals surface area contributed by atoms with Crippen LogP contribution < -0.4 is 5.32 Å². The number of anilines is 1. The summed E-state index contributed by atoms with van der Waals surface area (Å²) in [7, 11) is 0. The molecule has 27 heavy (non-hydrogen) atoms. The van der Waals surface area contributed by atoms with Gasteiger partial charge in [0.05, 0.1) is 5.69 Å². The Morgan fingerprint density at radius 2 is 1.85 bits per heavy atom. The van der Waals surface area contributed by atoms with Crippen LogP contribution in [0, 0.1) is 11.7 Å². The van der Waals surface area contributed by atoms with E-state index in [0.717, 1.165) is 5.56 Å². The van der Waals surface area contributed by atoms with Crippen molar-refractivity contribution >= 4 is 40.9 Å². The van der Waals surface area contributed by atoms with E-state index in [1.165, 1.54) is 23.9 Å². The summed E-state index contributed by atoms with van der Waals surface area (Å²) in [6.45, 7) is 3.58. The fourth-order valence-corrected chi connectivity index (χ4v) is 4.75. The molecule has 0 spiro atoms. The molecule has 2 aromatic rings. The number of nitrogens with one attached hydrogen (secondary N) is 1. The van der Waals surface area contributed by atoms with Crippen LogP contribution in [-0.4, -0.2) is 28.5 Å². The number of amides is 2. The van der Waals surface area contributed by atoms with Crippen LogP contribution in [-0.2, 0) is 9.59 Å². The van der Waals surface area contributed by atoms with Gasteiger partial charge in [0.15, 0.2) is 0 Å². The zero-order valence-electron chi connectivity index (χ0n) is 15.0. The summed E-state index contributed by atoms with van der Waals surface area (Å²) in [5.74, 6) is -0.928. The molecular weight excluding hydrogens is 387 g/mol. The lowest BCUT2D eigenvalue weighted by atomic mass is 10.1. The molecule has 3 rings (SSSR count). The van der Waals surface area contributed by atoms with Crippen molar-refractivity contribution in [3.8, 4) is 0 Å². The molecule has 2 aromatic carbocycles. The number of para-hydroxylation sites is 1. The molecule has 142 valence electrons. The first kappa shape index (κ1) is 19.7. The summed E-state index contributed by atoms with van der Waals surface area (Å²) >= 11 is 7.81. The van der Waals surface area contributed by atoms with E-state index in [2.05, 4.69) is 5.32 Å². The molecule has 0 radical (unpaired) electrons. The van der Waals surface area contributed by atoms with Crippen LogP contribution in [0.5, 0.6) is 0 Å². The number of benzene rings is 2. The van der Waals surface area contributed by atoms with E-state index in [-0.39, 0.29) is 22.9 Å². The van der Waals surface area contributed by atoms with E-state index in [1.54, 1.807) is 36.9 Å². The summed E-state index contributed by atoms with van der Waals surface area (Å²) in [5, 5.41) is 2.80. The van der Waals surface area contributed by atoms with Gasteiger partial charge in [0.25, 0.3) is 0 Å². The van der Waals surface area contributed by atoms with Crippen molar-refractivity contribution < 1.29 is 14.0 Å². The van der Waals surface area contributed by atoms with Crippen LogP contribution in [0.15, 0.2) is 48.5 Å². The van der Waals surface area contributed by atoms with E-state index in [0.29, 0.717) is 10.8 Å². The topological polar surface area (TPSA) is 49.4 Å². The Bertz CT molecular complexity index is 861. The molecule has 1 aliphatic heterocycles. The van der Waals surface area contributed by atoms with Crippen molar-refractivity contribution in [3.63, 3.8) is 0 Å². The average molecular weight is 407 g/mol. The normalized spacial score (nSPS) is 19.4. The first-order chi connectivity index (χ1) is 12.9. The van der Waals surface area contributed by atoms with Crippen molar-refractivity contribution in [1.82, 2.24) is 4.90 Å². The first-order valence-electron chi connectivity index (χ1n) is 8.63. The molecule has 0 bridgehead atoms. The van der Waals surface area contributed by atoms with Gasteiger partial charge in [-0.15, -0.1) is 11.8 Å². The molecule has 0 unspecified atom stereocenters. The number of carbonyl (C=O) groups is 2. The molecule has 0 saturated carbocycles. The molecule has 7 heteroatoms. The van der Waals surface area contributed by atoms with Crippen molar-refractivity contribution in [3.05, 3.63) is 64.9 Å². The highest BCUT2D eigenvalue weighted by Crippen LogP contribution is 2.44. The monoisotopic (exact) mass is 406 g/mol. The van der Waals surface area contributed by atoms with Gasteiger partial charge in [-0.05, 0) is 18.2 Å². The molecular formula is C20H20ClFN2O2S. The van der Waals surface area contributed by atoms with Crippen molar-refractivity contribution in [2.75, 3.05) is 11.1 Å². The third-order valence-corrected chi connectivity index (χ3v) is 6.00. The summed E-state index contributed by atoms with van der Waals surface area (Å²) < 4.78 is 13.9. The van der Waals surface area contributed by atoms with Crippen LogP contribution in [0.3, 0.4) is 0 Å². The first-order valence-corrected chi connectivity index (χ1v) is 10.1. The Balaban J connectivity index is 1.90. The van der Waals surface area contributed by atoms with Crippen molar-refractivity contribution in [2.24, 2.45) is 5.92 Å². The molecule has 1 aliphatic rings. The van der Waals surface area contributed by atoms with E-state index in [4.69, 9.17) is 11.6 Å². The van der Waals surface area contributed by atoms with Crippen LogP contribution in [0.1, 0.15) is 24.8 Å². The minimum Gasteiger partial charge on any atom is -0.322 e. The van der Waals surface area contributed by atoms with Crippen LogP contribution in [0.2, 0.25) is 5.02 Å². The predicted octanol–water partition coefficient (Wildman–Crippen LogP) is 4.72. The molecule has 0 aliphatic carbocycles. The minimum atomic E-state index is -0.703. The quantitative estimate of drug-likeness (QED) is 0.799. The Kier molecular flexibility index (Phi) is 6.07. The van der Waals surface area contributed by atoms with Crippen molar-refractivity contribution in [2.45, 2.75) is 25.3 Å². The number of nitrogens with zero attached hydrogens (tertiary/aromatic N) is 1. The lowest BCUT2D eigenvalue weighted by Gasteiger charge is -2.31. The summed E-state index contributed by atoms with van der Waals surface area (Å²) in [5.41, 5.74) is 0.894. The minimum absolute atomic E-state index is 0.102. The largest absolute Gasteiger partial charge is 0.322 e. The smallest absolute Gasteiger partial charge is 0.248 e. The van der Waals surface area contributed by atoms with E-state index < -0.39 is 17.8 Å². The Morgan fingerprint density at radius 1 is 1.19 bits per heavy atom. The van der Waals surface area contributed by atoms with E-state index in [1.807, 2.05) is 18.2 Å². The maximum Gasteiger partial charge on any atom is 0.248 e. The van der Waals surface area contributed by atoms with Gasteiger partial charge < -0.3 is 10.2 Å². The van der Waals surface area contributed by atoms with Gasteiger partial charge in [-0.1, -0.05) is 55.8 Å². The Labute approximate surface area is 167 Å². The van der Waals surface area contributed by atoms with E-state index in [9.17, 15) is 14.0 Å². The predicted molar refractivity (Wildman–Crippen MR) is 107 cm³/mol. The second-order valence-corrected chi connectivity index (χ2v) is 8.11. The standard InChI is InChI=1S/C20H20ClFN2O2S/c1-12(2)19(26)24-17(18(25)23-16-10-6-5-9-15(16)22)11-27-20(24)13-7-3-4-8-14(13)21/h3-10,12,17,20H,11H2,1-2H3,(H,23,25)/t17-,20-/m1/s1. The van der Waals surface area contributed by atoms with Gasteiger partial charge in [0.2, 0.25) is 11.8 Å². The molecule has 1 N–H and O–H groups in total. The lowest BCUT2D eigenvalue weighted by molar-refractivity contribution is -0.140. The van der Waals surface area contributed by atoms with Gasteiger partial charge >= 0.3 is 0 Å². The van der Waals surface area contributed by atoms with Crippen LogP contribution in [0.4, 0.5) is 10.1 Å². The molecule has 1 fully saturated rings. The molecule has 4 nitrogen and oxygen atoms in total. The summed E-state index contributed by atoms with van der Waals surface area (Å²) in [4.78, 5) is 27.3. The second kappa shape index (κ2) is 8.31. The zero-order valence-corrected chi connectivity index (χ0v) is 16.6. The SMILES string of the molecule is CC(C)C(=O)N1[C@@H](C(=O)Nc2ccccc2F)CS[C@@H]1c1ccccc1Cl. The fraction of sp³-hybridized carbons (Fsp3) is 0.300. The highest BCUT2D eigenvalue weighted by atomic mass is 35.5. The molecule has 1 saturated heterocycles. The number of halogens is 2. The van der Waals surface area contributed by atoms with Gasteiger partial charge in [-0.2, -0.15) is 0 Å². The highest BCUT2D eigenvalue weighted by molar-refractivity contribution is 7.99. The third kappa shape index (κ3) is 4.12. The zero-order chi connectivity index (χ0) is 19.6. The fourth-order valence-electron chi connectivity index (χ4n) is 2.97. The Morgan fingerprint density at radius 3 is 2.52 bits per heavy atom. The third-order valence-electron chi connectivity index (χ3n) is 4.35. The molecule has 0 aromatic heterocycles. The van der Waals surface area contributed by atoms with Gasteiger partial charge in [-0.25, -0.2) is 4.39 Å². The molecule has 2 amide bonds. The number of thioether (sulfide) groups is 1. The summed E-state index contributed by atoms with van der Waals surface area (Å²) in [6.07, 6.45) is 0. The van der Waals surface area contributed by atoms with Gasteiger partial charge in [-0.3, -0.25) is 9.59 Å². The van der Waals surface area contributed by atoms with E-state index >= 15 is 0 Å². The molecule has 2 atom stereocenters. The molecule has 1 heterocycles.